The Morgan fingerprint density at radius 2 is 1.64 bits per heavy atom. The van der Waals surface area contributed by atoms with E-state index in [-0.39, 0.29) is 35.4 Å². The zero-order valence-corrected chi connectivity index (χ0v) is 20.6. The number of hydrogen-bond acceptors (Lipinski definition) is 5. The van der Waals surface area contributed by atoms with E-state index in [2.05, 4.69) is 10.0 Å². The minimum Gasteiger partial charge on any atom is -0.483 e. The average Bonchev–Trinajstić information content (AvgIpc) is 2.80. The molecule has 33 heavy (non-hydrogen) atoms. The predicted octanol–water partition coefficient (Wildman–Crippen LogP) is 3.11. The smallest absolute Gasteiger partial charge is 0.259 e. The molecule has 180 valence electrons. The van der Waals surface area contributed by atoms with Gasteiger partial charge in [0.2, 0.25) is 10.0 Å². The Bertz CT molecular complexity index is 1050. The van der Waals surface area contributed by atoms with E-state index in [9.17, 15) is 18.0 Å². The maximum Gasteiger partial charge on any atom is 0.259 e. The molecule has 0 bridgehead atoms. The van der Waals surface area contributed by atoms with Gasteiger partial charge in [0.1, 0.15) is 5.75 Å². The van der Waals surface area contributed by atoms with E-state index in [4.69, 9.17) is 4.74 Å². The van der Waals surface area contributed by atoms with Crippen LogP contribution in [-0.2, 0) is 14.8 Å². The van der Waals surface area contributed by atoms with E-state index in [1.807, 2.05) is 26.0 Å². The van der Waals surface area contributed by atoms with E-state index in [0.717, 1.165) is 5.56 Å². The summed E-state index contributed by atoms with van der Waals surface area (Å²) < 4.78 is 33.2. The number of nitrogens with zero attached hydrogens (tertiary/aromatic N) is 1. The van der Waals surface area contributed by atoms with E-state index < -0.39 is 10.0 Å². The largest absolute Gasteiger partial charge is 0.483 e. The molecular weight excluding hydrogens is 442 g/mol. The number of rotatable bonds is 11. The summed E-state index contributed by atoms with van der Waals surface area (Å²) in [4.78, 5) is 26.3. The molecule has 0 saturated heterocycles. The number of carbonyl (C=O) groups excluding carboxylic acids is 2. The Morgan fingerprint density at radius 1 is 1.00 bits per heavy atom. The summed E-state index contributed by atoms with van der Waals surface area (Å²) in [6.45, 7) is 5.52. The third-order valence-electron chi connectivity index (χ3n) is 5.25. The second-order valence-electron chi connectivity index (χ2n) is 8.00. The van der Waals surface area contributed by atoms with Crippen molar-refractivity contribution in [2.45, 2.75) is 50.6 Å². The zero-order valence-electron chi connectivity index (χ0n) is 19.8. The van der Waals surface area contributed by atoms with Gasteiger partial charge in [0.15, 0.2) is 6.61 Å². The molecule has 2 N–H and O–H groups in total. The molecule has 0 fully saturated rings. The monoisotopic (exact) mass is 475 g/mol. The summed E-state index contributed by atoms with van der Waals surface area (Å²) >= 11 is 0. The van der Waals surface area contributed by atoms with Crippen molar-refractivity contribution in [3.63, 3.8) is 0 Å². The Morgan fingerprint density at radius 3 is 2.21 bits per heavy atom. The third kappa shape index (κ3) is 7.30. The van der Waals surface area contributed by atoms with E-state index in [1.165, 1.54) is 29.2 Å². The van der Waals surface area contributed by atoms with Crippen molar-refractivity contribution >= 4 is 21.8 Å². The van der Waals surface area contributed by atoms with Crippen molar-refractivity contribution < 1.29 is 22.7 Å². The van der Waals surface area contributed by atoms with Crippen LogP contribution >= 0.6 is 0 Å². The SMILES string of the molecule is CCC(C)NS(=O)(=O)c1ccc(C(=O)NC(CC)c2ccccc2OCC(=O)N(C)C)cc1. The lowest BCUT2D eigenvalue weighted by Gasteiger charge is -2.21. The first-order valence-corrected chi connectivity index (χ1v) is 12.4. The van der Waals surface area contributed by atoms with E-state index in [0.29, 0.717) is 24.2 Å². The molecule has 2 rings (SSSR count). The van der Waals surface area contributed by atoms with Crippen LogP contribution in [0.1, 0.15) is 55.6 Å². The number of nitrogens with one attached hydrogen (secondary N) is 2. The van der Waals surface area contributed by atoms with Crippen molar-refractivity contribution in [2.24, 2.45) is 0 Å². The van der Waals surface area contributed by atoms with Gasteiger partial charge in [-0.2, -0.15) is 0 Å². The van der Waals surface area contributed by atoms with Crippen LogP contribution < -0.4 is 14.8 Å². The third-order valence-corrected chi connectivity index (χ3v) is 6.86. The molecule has 2 amide bonds. The molecule has 0 saturated carbocycles. The van der Waals surface area contributed by atoms with Gasteiger partial charge in [0, 0.05) is 31.3 Å². The molecule has 0 radical (unpaired) electrons. The number of ether oxygens (including phenoxy) is 1. The van der Waals surface area contributed by atoms with Crippen molar-refractivity contribution in [1.82, 2.24) is 14.9 Å². The standard InChI is InChI=1S/C24H33N3O5S/c1-6-17(3)26-33(30,31)19-14-12-18(13-15-19)24(29)25-21(7-2)20-10-8-9-11-22(20)32-16-23(28)27(4)5/h8-15,17,21,26H,6-7,16H2,1-5H3,(H,25,29). The second kappa shape index (κ2) is 11.8. The predicted molar refractivity (Wildman–Crippen MR) is 128 cm³/mol. The number of sulfonamides is 1. The fraction of sp³-hybridized carbons (Fsp3) is 0.417. The summed E-state index contributed by atoms with van der Waals surface area (Å²) in [5.41, 5.74) is 1.11. The number of hydrogen-bond donors (Lipinski definition) is 2. The lowest BCUT2D eigenvalue weighted by atomic mass is 10.0. The van der Waals surface area contributed by atoms with Gasteiger partial charge in [-0.05, 0) is 50.1 Å². The summed E-state index contributed by atoms with van der Waals surface area (Å²) in [6.07, 6.45) is 1.27. The maximum atomic E-state index is 12.9. The first-order valence-electron chi connectivity index (χ1n) is 10.9. The Hall–Kier alpha value is -2.91. The topological polar surface area (TPSA) is 105 Å². The summed E-state index contributed by atoms with van der Waals surface area (Å²) in [5.74, 6) is 0.0250. The van der Waals surface area contributed by atoms with Gasteiger partial charge in [-0.1, -0.05) is 32.0 Å². The normalized spacial score (nSPS) is 13.1. The lowest BCUT2D eigenvalue weighted by Crippen LogP contribution is -2.32. The minimum atomic E-state index is -3.64. The van der Waals surface area contributed by atoms with Gasteiger partial charge in [0.25, 0.3) is 11.8 Å². The van der Waals surface area contributed by atoms with Crippen molar-refractivity contribution in [2.75, 3.05) is 20.7 Å². The molecule has 0 aliphatic heterocycles. The van der Waals surface area contributed by atoms with Gasteiger partial charge in [0.05, 0.1) is 10.9 Å². The highest BCUT2D eigenvalue weighted by Gasteiger charge is 2.20. The number of carbonyl (C=O) groups is 2. The zero-order chi connectivity index (χ0) is 24.6. The highest BCUT2D eigenvalue weighted by atomic mass is 32.2. The molecule has 2 unspecified atom stereocenters. The van der Waals surface area contributed by atoms with Crippen LogP contribution in [0.25, 0.3) is 0 Å². The molecule has 9 heteroatoms. The molecule has 0 aliphatic carbocycles. The number of para-hydroxylation sites is 1. The van der Waals surface area contributed by atoms with Crippen LogP contribution in [0.3, 0.4) is 0 Å². The Labute approximate surface area is 196 Å². The van der Waals surface area contributed by atoms with Crippen molar-refractivity contribution in [3.05, 3.63) is 59.7 Å². The average molecular weight is 476 g/mol. The van der Waals surface area contributed by atoms with E-state index in [1.54, 1.807) is 33.2 Å². The van der Waals surface area contributed by atoms with Gasteiger partial charge in [-0.3, -0.25) is 9.59 Å². The van der Waals surface area contributed by atoms with Gasteiger partial charge < -0.3 is 15.0 Å². The molecule has 0 aliphatic rings. The fourth-order valence-electron chi connectivity index (χ4n) is 3.01. The van der Waals surface area contributed by atoms with Crippen molar-refractivity contribution in [1.29, 1.82) is 0 Å². The van der Waals surface area contributed by atoms with E-state index >= 15 is 0 Å². The molecular formula is C24H33N3O5S. The summed E-state index contributed by atoms with van der Waals surface area (Å²) in [7, 11) is -0.326. The van der Waals surface area contributed by atoms with Crippen LogP contribution in [0.4, 0.5) is 0 Å². The fourth-order valence-corrected chi connectivity index (χ4v) is 4.34. The van der Waals surface area contributed by atoms with Crippen LogP contribution in [0, 0.1) is 0 Å². The Kier molecular flexibility index (Phi) is 9.43. The van der Waals surface area contributed by atoms with Crippen molar-refractivity contribution in [3.8, 4) is 5.75 Å². The second-order valence-corrected chi connectivity index (χ2v) is 9.72. The maximum absolute atomic E-state index is 12.9. The quantitative estimate of drug-likeness (QED) is 0.520. The van der Waals surface area contributed by atoms with Gasteiger partial charge in [-0.15, -0.1) is 0 Å². The highest BCUT2D eigenvalue weighted by Crippen LogP contribution is 2.27. The lowest BCUT2D eigenvalue weighted by molar-refractivity contribution is -0.130. The Balaban J connectivity index is 2.15. The molecule has 0 aromatic heterocycles. The molecule has 8 nitrogen and oxygen atoms in total. The van der Waals surface area contributed by atoms with Gasteiger partial charge >= 0.3 is 0 Å². The van der Waals surface area contributed by atoms with Crippen LogP contribution in [0.5, 0.6) is 5.75 Å². The summed E-state index contributed by atoms with van der Waals surface area (Å²) in [5, 5.41) is 2.97. The number of benzene rings is 2. The first-order chi connectivity index (χ1) is 15.6. The van der Waals surface area contributed by atoms with Gasteiger partial charge in [-0.25, -0.2) is 13.1 Å². The molecule has 2 atom stereocenters. The number of amides is 2. The molecule has 2 aromatic carbocycles. The first kappa shape index (κ1) is 26.3. The van der Waals surface area contributed by atoms with Crippen LogP contribution in [-0.4, -0.2) is 51.9 Å². The highest BCUT2D eigenvalue weighted by molar-refractivity contribution is 7.89. The van der Waals surface area contributed by atoms with Crippen LogP contribution in [0.2, 0.25) is 0 Å². The summed E-state index contributed by atoms with van der Waals surface area (Å²) in [6, 6.07) is 12.6. The molecule has 0 spiro atoms. The van der Waals surface area contributed by atoms with Crippen LogP contribution in [0.15, 0.2) is 53.4 Å². The molecule has 2 aromatic rings. The molecule has 0 heterocycles. The minimum absolute atomic E-state index is 0.102. The number of likely N-dealkylation sites (N-methyl/N-ethyl adjacent to an activating group) is 1.